The Morgan fingerprint density at radius 3 is 2.76 bits per heavy atom. The van der Waals surface area contributed by atoms with Crippen LogP contribution in [0.15, 0.2) is 12.1 Å². The van der Waals surface area contributed by atoms with Crippen LogP contribution in [0.2, 0.25) is 0 Å². The van der Waals surface area contributed by atoms with E-state index in [0.29, 0.717) is 5.56 Å². The first kappa shape index (κ1) is 15.8. The molecule has 1 aromatic heterocycles. The SMILES string of the molecule is CCCNc1cc(C(=O)NC(C)CC2CC2)cc(CC)n1. The minimum atomic E-state index is 0.0137. The molecule has 1 fully saturated rings. The summed E-state index contributed by atoms with van der Waals surface area (Å²) in [5.41, 5.74) is 1.67. The molecule has 2 N–H and O–H groups in total. The second-order valence-corrected chi connectivity index (χ2v) is 6.07. The number of pyridine rings is 1. The van der Waals surface area contributed by atoms with Gasteiger partial charge in [-0.15, -0.1) is 0 Å². The van der Waals surface area contributed by atoms with Crippen LogP contribution < -0.4 is 10.6 Å². The summed E-state index contributed by atoms with van der Waals surface area (Å²) in [5.74, 6) is 1.64. The van der Waals surface area contributed by atoms with Gasteiger partial charge in [0.05, 0.1) is 0 Å². The number of hydrogen-bond donors (Lipinski definition) is 2. The lowest BCUT2D eigenvalue weighted by molar-refractivity contribution is 0.0937. The first-order valence-corrected chi connectivity index (χ1v) is 8.18. The van der Waals surface area contributed by atoms with Crippen LogP contribution in [0, 0.1) is 5.92 Å². The van der Waals surface area contributed by atoms with Gasteiger partial charge in [0.15, 0.2) is 0 Å². The molecule has 1 aromatic rings. The van der Waals surface area contributed by atoms with Crippen molar-refractivity contribution in [2.75, 3.05) is 11.9 Å². The molecular formula is C17H27N3O. The van der Waals surface area contributed by atoms with E-state index in [-0.39, 0.29) is 11.9 Å². The molecule has 2 rings (SSSR count). The molecule has 1 amide bonds. The van der Waals surface area contributed by atoms with Crippen LogP contribution in [0.5, 0.6) is 0 Å². The third kappa shape index (κ3) is 5.03. The van der Waals surface area contributed by atoms with Crippen molar-refractivity contribution >= 4 is 11.7 Å². The number of amides is 1. The number of aromatic nitrogens is 1. The van der Waals surface area contributed by atoms with E-state index in [1.54, 1.807) is 0 Å². The van der Waals surface area contributed by atoms with Gasteiger partial charge in [-0.25, -0.2) is 4.98 Å². The zero-order chi connectivity index (χ0) is 15.2. The average molecular weight is 289 g/mol. The minimum Gasteiger partial charge on any atom is -0.370 e. The molecule has 4 heteroatoms. The molecule has 0 spiro atoms. The highest BCUT2D eigenvalue weighted by Crippen LogP contribution is 2.33. The van der Waals surface area contributed by atoms with Crippen LogP contribution in [0.1, 0.15) is 62.5 Å². The average Bonchev–Trinajstić information content (AvgIpc) is 3.28. The van der Waals surface area contributed by atoms with E-state index in [4.69, 9.17) is 0 Å². The van der Waals surface area contributed by atoms with Gasteiger partial charge in [-0.05, 0) is 44.2 Å². The first-order chi connectivity index (χ1) is 10.1. The summed E-state index contributed by atoms with van der Waals surface area (Å²) in [6.45, 7) is 7.14. The van der Waals surface area contributed by atoms with E-state index in [9.17, 15) is 4.79 Å². The number of anilines is 1. The minimum absolute atomic E-state index is 0.0137. The molecule has 4 nitrogen and oxygen atoms in total. The molecule has 116 valence electrons. The smallest absolute Gasteiger partial charge is 0.251 e. The summed E-state index contributed by atoms with van der Waals surface area (Å²) in [5, 5.41) is 6.38. The summed E-state index contributed by atoms with van der Waals surface area (Å²) < 4.78 is 0. The van der Waals surface area contributed by atoms with E-state index >= 15 is 0 Å². The summed E-state index contributed by atoms with van der Waals surface area (Å²) in [7, 11) is 0. The van der Waals surface area contributed by atoms with Gasteiger partial charge < -0.3 is 10.6 Å². The summed E-state index contributed by atoms with van der Waals surface area (Å²) in [6.07, 6.45) is 5.61. The van der Waals surface area contributed by atoms with Gasteiger partial charge in [0.2, 0.25) is 0 Å². The Labute approximate surface area is 127 Å². The molecular weight excluding hydrogens is 262 g/mol. The van der Waals surface area contributed by atoms with Crippen LogP contribution >= 0.6 is 0 Å². The Kier molecular flexibility index (Phi) is 5.59. The topological polar surface area (TPSA) is 54.0 Å². The fourth-order valence-electron chi connectivity index (χ4n) is 2.46. The van der Waals surface area contributed by atoms with Crippen molar-refractivity contribution in [3.8, 4) is 0 Å². The number of hydrogen-bond acceptors (Lipinski definition) is 3. The van der Waals surface area contributed by atoms with Crippen LogP contribution in [-0.4, -0.2) is 23.5 Å². The number of nitrogens with zero attached hydrogens (tertiary/aromatic N) is 1. The summed E-state index contributed by atoms with van der Waals surface area (Å²) >= 11 is 0. The Hall–Kier alpha value is -1.58. The molecule has 0 bridgehead atoms. The highest BCUT2D eigenvalue weighted by Gasteiger charge is 2.24. The predicted molar refractivity (Wildman–Crippen MR) is 86.7 cm³/mol. The second kappa shape index (κ2) is 7.43. The monoisotopic (exact) mass is 289 g/mol. The third-order valence-corrected chi connectivity index (χ3v) is 3.82. The summed E-state index contributed by atoms with van der Waals surface area (Å²) in [4.78, 5) is 16.9. The largest absolute Gasteiger partial charge is 0.370 e. The molecule has 1 atom stereocenters. The molecule has 1 aliphatic rings. The highest BCUT2D eigenvalue weighted by molar-refractivity contribution is 5.95. The number of aryl methyl sites for hydroxylation is 1. The third-order valence-electron chi connectivity index (χ3n) is 3.82. The second-order valence-electron chi connectivity index (χ2n) is 6.07. The van der Waals surface area contributed by atoms with Gasteiger partial charge in [-0.1, -0.05) is 26.7 Å². The maximum absolute atomic E-state index is 12.4. The fourth-order valence-corrected chi connectivity index (χ4v) is 2.46. The highest BCUT2D eigenvalue weighted by atomic mass is 16.1. The zero-order valence-corrected chi connectivity index (χ0v) is 13.4. The maximum atomic E-state index is 12.4. The van der Waals surface area contributed by atoms with Crippen LogP contribution in [-0.2, 0) is 6.42 Å². The van der Waals surface area contributed by atoms with Crippen molar-refractivity contribution in [3.63, 3.8) is 0 Å². The van der Waals surface area contributed by atoms with E-state index in [2.05, 4.69) is 36.4 Å². The number of carbonyl (C=O) groups is 1. The number of nitrogens with one attached hydrogen (secondary N) is 2. The van der Waals surface area contributed by atoms with Gasteiger partial charge in [-0.3, -0.25) is 4.79 Å². The number of carbonyl (C=O) groups excluding carboxylic acids is 1. The van der Waals surface area contributed by atoms with Gasteiger partial charge >= 0.3 is 0 Å². The molecule has 0 saturated heterocycles. The van der Waals surface area contributed by atoms with Gasteiger partial charge in [-0.2, -0.15) is 0 Å². The Morgan fingerprint density at radius 1 is 1.38 bits per heavy atom. The zero-order valence-electron chi connectivity index (χ0n) is 13.4. The van der Waals surface area contributed by atoms with E-state index in [0.717, 1.165) is 43.2 Å². The van der Waals surface area contributed by atoms with Crippen molar-refractivity contribution < 1.29 is 4.79 Å². The molecule has 1 aliphatic carbocycles. The van der Waals surface area contributed by atoms with Gasteiger partial charge in [0, 0.05) is 23.8 Å². The predicted octanol–water partition coefficient (Wildman–Crippen LogP) is 3.38. The van der Waals surface area contributed by atoms with Gasteiger partial charge in [0.25, 0.3) is 5.91 Å². The Morgan fingerprint density at radius 2 is 2.14 bits per heavy atom. The normalized spacial score (nSPS) is 15.6. The Bertz CT molecular complexity index is 483. The molecule has 1 saturated carbocycles. The first-order valence-electron chi connectivity index (χ1n) is 8.18. The van der Waals surface area contributed by atoms with Crippen LogP contribution in [0.25, 0.3) is 0 Å². The Balaban J connectivity index is 2.03. The maximum Gasteiger partial charge on any atom is 0.251 e. The lowest BCUT2D eigenvalue weighted by Crippen LogP contribution is -2.33. The molecule has 0 radical (unpaired) electrons. The standard InChI is InChI=1S/C17H27N3O/c1-4-8-18-16-11-14(10-15(5-2)20-16)17(21)19-12(3)9-13-6-7-13/h10-13H,4-9H2,1-3H3,(H,18,20)(H,19,21). The quantitative estimate of drug-likeness (QED) is 0.771. The molecule has 21 heavy (non-hydrogen) atoms. The number of rotatable bonds is 8. The van der Waals surface area contributed by atoms with Crippen molar-refractivity contribution in [2.24, 2.45) is 5.92 Å². The lowest BCUT2D eigenvalue weighted by atomic mass is 10.1. The molecule has 0 aliphatic heterocycles. The van der Waals surface area contributed by atoms with E-state index in [1.807, 2.05) is 12.1 Å². The molecule has 1 heterocycles. The summed E-state index contributed by atoms with van der Waals surface area (Å²) in [6, 6.07) is 4.00. The van der Waals surface area contributed by atoms with Crippen molar-refractivity contribution in [2.45, 2.75) is 58.9 Å². The van der Waals surface area contributed by atoms with Crippen LogP contribution in [0.4, 0.5) is 5.82 Å². The molecule has 1 unspecified atom stereocenters. The van der Waals surface area contributed by atoms with Gasteiger partial charge in [0.1, 0.15) is 5.82 Å². The van der Waals surface area contributed by atoms with Crippen molar-refractivity contribution in [1.29, 1.82) is 0 Å². The van der Waals surface area contributed by atoms with E-state index < -0.39 is 0 Å². The van der Waals surface area contributed by atoms with Crippen molar-refractivity contribution in [1.82, 2.24) is 10.3 Å². The fraction of sp³-hybridized carbons (Fsp3) is 0.647. The van der Waals surface area contributed by atoms with Crippen molar-refractivity contribution in [3.05, 3.63) is 23.4 Å². The molecule has 0 aromatic carbocycles. The van der Waals surface area contributed by atoms with Crippen LogP contribution in [0.3, 0.4) is 0 Å². The van der Waals surface area contributed by atoms with E-state index in [1.165, 1.54) is 12.8 Å². The lowest BCUT2D eigenvalue weighted by Gasteiger charge is -2.14.